The summed E-state index contributed by atoms with van der Waals surface area (Å²) in [7, 11) is 0. The molecule has 0 radical (unpaired) electrons. The molecule has 0 aliphatic rings. The molecule has 1 amide bonds. The highest BCUT2D eigenvalue weighted by atomic mass is 35.5. The zero-order chi connectivity index (χ0) is 8.97. The van der Waals surface area contributed by atoms with Crippen molar-refractivity contribution in [2.45, 2.75) is 18.8 Å². The predicted molar refractivity (Wildman–Crippen MR) is 45.9 cm³/mol. The molecule has 0 aromatic carbocycles. The van der Waals surface area contributed by atoms with Gasteiger partial charge in [0.1, 0.15) is 11.1 Å². The molecule has 0 saturated heterocycles. The van der Waals surface area contributed by atoms with Gasteiger partial charge >= 0.3 is 0 Å². The van der Waals surface area contributed by atoms with Gasteiger partial charge in [-0.25, -0.2) is 0 Å². The van der Waals surface area contributed by atoms with E-state index in [0.29, 0.717) is 6.54 Å². The normalized spacial score (nSPS) is 12.5. The topological polar surface area (TPSA) is 42.2 Å². The minimum atomic E-state index is -0.500. The quantitative estimate of drug-likeness (QED) is 0.730. The van der Waals surface area contributed by atoms with Crippen molar-refractivity contribution in [3.8, 4) is 0 Å². The van der Waals surface area contributed by atoms with Crippen LogP contribution in [0, 0.1) is 0 Å². The second-order valence-electron chi connectivity index (χ2n) is 2.41. The van der Waals surface area contributed by atoms with E-state index in [4.69, 9.17) is 16.0 Å². The zero-order valence-electron chi connectivity index (χ0n) is 6.71. The molecule has 1 aromatic heterocycles. The summed E-state index contributed by atoms with van der Waals surface area (Å²) < 4.78 is 5.01. The van der Waals surface area contributed by atoms with E-state index in [1.807, 2.05) is 0 Å². The first-order chi connectivity index (χ1) is 5.70. The summed E-state index contributed by atoms with van der Waals surface area (Å²) in [6.45, 7) is 2.02. The summed E-state index contributed by atoms with van der Waals surface area (Å²) in [6.07, 6.45) is 1.56. The maximum absolute atomic E-state index is 11.0. The summed E-state index contributed by atoms with van der Waals surface area (Å²) in [5.41, 5.74) is 0. The van der Waals surface area contributed by atoms with Crippen LogP contribution in [0.3, 0.4) is 0 Å². The van der Waals surface area contributed by atoms with Crippen LogP contribution in [0.2, 0.25) is 0 Å². The maximum Gasteiger partial charge on any atom is 0.238 e. The van der Waals surface area contributed by atoms with Crippen LogP contribution in [-0.2, 0) is 11.3 Å². The lowest BCUT2D eigenvalue weighted by Gasteiger charge is -2.03. The molecule has 0 unspecified atom stereocenters. The van der Waals surface area contributed by atoms with Crippen molar-refractivity contribution in [1.29, 1.82) is 0 Å². The fourth-order valence-electron chi connectivity index (χ4n) is 0.728. The van der Waals surface area contributed by atoms with E-state index in [0.717, 1.165) is 5.76 Å². The molecule has 12 heavy (non-hydrogen) atoms. The highest BCUT2D eigenvalue weighted by Gasteiger charge is 2.08. The number of rotatable bonds is 3. The number of furan rings is 1. The van der Waals surface area contributed by atoms with Crippen molar-refractivity contribution in [1.82, 2.24) is 5.32 Å². The Hall–Kier alpha value is -0.960. The van der Waals surface area contributed by atoms with Crippen molar-refractivity contribution >= 4 is 17.5 Å². The first-order valence-corrected chi connectivity index (χ1v) is 4.08. The molecular weight excluding hydrogens is 178 g/mol. The highest BCUT2D eigenvalue weighted by Crippen LogP contribution is 1.99. The molecule has 0 aliphatic heterocycles. The lowest BCUT2D eigenvalue weighted by Crippen LogP contribution is -2.28. The number of hydrogen-bond acceptors (Lipinski definition) is 2. The van der Waals surface area contributed by atoms with Crippen LogP contribution in [0.5, 0.6) is 0 Å². The van der Waals surface area contributed by atoms with E-state index in [2.05, 4.69) is 5.32 Å². The molecule has 0 bridgehead atoms. The van der Waals surface area contributed by atoms with Crippen LogP contribution in [0.1, 0.15) is 12.7 Å². The average molecular weight is 188 g/mol. The van der Waals surface area contributed by atoms with Crippen LogP contribution in [0.25, 0.3) is 0 Å². The smallest absolute Gasteiger partial charge is 0.238 e. The van der Waals surface area contributed by atoms with E-state index in [1.54, 1.807) is 25.3 Å². The van der Waals surface area contributed by atoms with E-state index in [1.165, 1.54) is 0 Å². The molecule has 1 heterocycles. The number of halogens is 1. The molecule has 1 atom stereocenters. The molecule has 66 valence electrons. The molecule has 3 nitrogen and oxygen atoms in total. The average Bonchev–Trinajstić information content (AvgIpc) is 2.51. The molecule has 1 rings (SSSR count). The maximum atomic E-state index is 11.0. The van der Waals surface area contributed by atoms with Gasteiger partial charge in [0.05, 0.1) is 12.8 Å². The van der Waals surface area contributed by atoms with Gasteiger partial charge in [-0.1, -0.05) is 0 Å². The van der Waals surface area contributed by atoms with Crippen LogP contribution < -0.4 is 5.32 Å². The molecule has 1 aromatic rings. The largest absolute Gasteiger partial charge is 0.467 e. The fourth-order valence-corrected chi connectivity index (χ4v) is 0.805. The Morgan fingerprint density at radius 1 is 1.83 bits per heavy atom. The van der Waals surface area contributed by atoms with Gasteiger partial charge in [-0.3, -0.25) is 4.79 Å². The number of carbonyl (C=O) groups excluding carboxylic acids is 1. The Morgan fingerprint density at radius 2 is 2.58 bits per heavy atom. The van der Waals surface area contributed by atoms with Gasteiger partial charge in [0, 0.05) is 0 Å². The minimum absolute atomic E-state index is 0.187. The standard InChI is InChI=1S/C8H10ClNO2/c1-6(9)8(11)10-5-7-3-2-4-12-7/h2-4,6H,5H2,1H3,(H,10,11)/t6-/m1/s1. The van der Waals surface area contributed by atoms with Crippen molar-refractivity contribution in [2.24, 2.45) is 0 Å². The molecule has 0 aliphatic carbocycles. The van der Waals surface area contributed by atoms with Crippen molar-refractivity contribution < 1.29 is 9.21 Å². The van der Waals surface area contributed by atoms with Crippen molar-refractivity contribution in [3.05, 3.63) is 24.2 Å². The number of carbonyl (C=O) groups is 1. The van der Waals surface area contributed by atoms with E-state index in [-0.39, 0.29) is 5.91 Å². The van der Waals surface area contributed by atoms with Crippen molar-refractivity contribution in [3.63, 3.8) is 0 Å². The monoisotopic (exact) mass is 187 g/mol. The summed E-state index contributed by atoms with van der Waals surface area (Å²) in [4.78, 5) is 11.0. The first kappa shape index (κ1) is 9.13. The lowest BCUT2D eigenvalue weighted by atomic mass is 10.4. The minimum Gasteiger partial charge on any atom is -0.467 e. The SMILES string of the molecule is C[C@@H](Cl)C(=O)NCc1ccco1. The van der Waals surface area contributed by atoms with Gasteiger partial charge in [0.25, 0.3) is 0 Å². The van der Waals surface area contributed by atoms with Crippen LogP contribution in [-0.4, -0.2) is 11.3 Å². The lowest BCUT2D eigenvalue weighted by molar-refractivity contribution is -0.120. The van der Waals surface area contributed by atoms with Crippen LogP contribution >= 0.6 is 11.6 Å². The third kappa shape index (κ3) is 2.58. The molecule has 0 fully saturated rings. The van der Waals surface area contributed by atoms with Gasteiger partial charge in [-0.05, 0) is 19.1 Å². The summed E-state index contributed by atoms with van der Waals surface area (Å²) in [5.74, 6) is 0.536. The number of nitrogens with one attached hydrogen (secondary N) is 1. The van der Waals surface area contributed by atoms with Gasteiger partial charge in [-0.2, -0.15) is 0 Å². The summed E-state index contributed by atoms with van der Waals surface area (Å²) in [5, 5.41) is 2.12. The number of alkyl halides is 1. The predicted octanol–water partition coefficient (Wildman–Crippen LogP) is 1.52. The summed E-state index contributed by atoms with van der Waals surface area (Å²) >= 11 is 5.53. The second-order valence-corrected chi connectivity index (χ2v) is 3.07. The highest BCUT2D eigenvalue weighted by molar-refractivity contribution is 6.30. The van der Waals surface area contributed by atoms with Gasteiger partial charge in [-0.15, -0.1) is 11.6 Å². The van der Waals surface area contributed by atoms with Gasteiger partial charge in [0.2, 0.25) is 5.91 Å². The molecule has 0 saturated carbocycles. The zero-order valence-corrected chi connectivity index (χ0v) is 7.47. The fraction of sp³-hybridized carbons (Fsp3) is 0.375. The van der Waals surface area contributed by atoms with Crippen molar-refractivity contribution in [2.75, 3.05) is 0 Å². The molecule has 4 heteroatoms. The van der Waals surface area contributed by atoms with E-state index in [9.17, 15) is 4.79 Å². The molecule has 0 spiro atoms. The summed E-state index contributed by atoms with van der Waals surface area (Å²) in [6, 6.07) is 3.56. The Balaban J connectivity index is 2.32. The number of amides is 1. The van der Waals surface area contributed by atoms with E-state index >= 15 is 0 Å². The second kappa shape index (κ2) is 4.16. The van der Waals surface area contributed by atoms with E-state index < -0.39 is 5.38 Å². The third-order valence-corrected chi connectivity index (χ3v) is 1.58. The van der Waals surface area contributed by atoms with Gasteiger partial charge < -0.3 is 9.73 Å². The van der Waals surface area contributed by atoms with Crippen LogP contribution in [0.15, 0.2) is 22.8 Å². The molecular formula is C8H10ClNO2. The Labute approximate surface area is 75.7 Å². The Kier molecular flexibility index (Phi) is 3.17. The number of hydrogen-bond donors (Lipinski definition) is 1. The van der Waals surface area contributed by atoms with Crippen LogP contribution in [0.4, 0.5) is 0 Å². The first-order valence-electron chi connectivity index (χ1n) is 3.64. The third-order valence-electron chi connectivity index (χ3n) is 1.38. The Morgan fingerprint density at radius 3 is 3.08 bits per heavy atom. The molecule has 1 N–H and O–H groups in total. The Bertz CT molecular complexity index is 244. The van der Waals surface area contributed by atoms with Gasteiger partial charge in [0.15, 0.2) is 0 Å².